The zero-order chi connectivity index (χ0) is 10.7. The Balaban J connectivity index is 3.28. The van der Waals surface area contributed by atoms with Gasteiger partial charge in [-0.3, -0.25) is 10.1 Å². The molecule has 1 atom stereocenters. The topological polar surface area (TPSA) is 76.3 Å². The van der Waals surface area contributed by atoms with Crippen molar-refractivity contribution >= 4 is 21.6 Å². The number of hydrogen-bond acceptors (Lipinski definition) is 4. The first-order chi connectivity index (χ1) is 6.56. The zero-order valence-electron chi connectivity index (χ0n) is 7.05. The van der Waals surface area contributed by atoms with E-state index in [9.17, 15) is 15.2 Å². The lowest BCUT2D eigenvalue weighted by molar-refractivity contribution is -0.386. The molecule has 5 nitrogen and oxygen atoms in total. The van der Waals surface area contributed by atoms with Crippen molar-refractivity contribution < 1.29 is 10.0 Å². The Morgan fingerprint density at radius 2 is 2.43 bits per heavy atom. The summed E-state index contributed by atoms with van der Waals surface area (Å²) in [6, 6.07) is 1.29. The Labute approximate surface area is 88.4 Å². The van der Waals surface area contributed by atoms with Crippen LogP contribution in [0.4, 0.5) is 5.69 Å². The molecule has 14 heavy (non-hydrogen) atoms. The second-order valence-corrected chi connectivity index (χ2v) is 3.41. The van der Waals surface area contributed by atoms with Crippen molar-refractivity contribution in [1.29, 1.82) is 0 Å². The van der Waals surface area contributed by atoms with Gasteiger partial charge in [0, 0.05) is 16.7 Å². The zero-order valence-corrected chi connectivity index (χ0v) is 8.64. The SMILES string of the molecule is C=CC(O)c1ncc(Br)cc1[N+](=O)[O-]. The average Bonchev–Trinajstić information content (AvgIpc) is 2.16. The van der Waals surface area contributed by atoms with E-state index in [0.29, 0.717) is 4.47 Å². The fourth-order valence-corrected chi connectivity index (χ4v) is 1.24. The molecule has 1 N–H and O–H groups in total. The van der Waals surface area contributed by atoms with Crippen LogP contribution in [0.5, 0.6) is 0 Å². The number of pyridine rings is 1. The summed E-state index contributed by atoms with van der Waals surface area (Å²) in [5, 5.41) is 19.9. The maximum atomic E-state index is 10.6. The van der Waals surface area contributed by atoms with Crippen LogP contribution in [0.1, 0.15) is 11.8 Å². The average molecular weight is 259 g/mol. The minimum atomic E-state index is -1.12. The van der Waals surface area contributed by atoms with E-state index >= 15 is 0 Å². The van der Waals surface area contributed by atoms with Gasteiger partial charge in [0.05, 0.1) is 4.92 Å². The van der Waals surface area contributed by atoms with Crippen LogP contribution >= 0.6 is 15.9 Å². The summed E-state index contributed by atoms with van der Waals surface area (Å²) >= 11 is 3.06. The number of aliphatic hydroxyl groups is 1. The normalized spacial score (nSPS) is 12.1. The van der Waals surface area contributed by atoms with Gasteiger partial charge in [-0.2, -0.15) is 0 Å². The molecule has 0 fully saturated rings. The van der Waals surface area contributed by atoms with Crippen LogP contribution in [-0.2, 0) is 0 Å². The minimum absolute atomic E-state index is 0.00630. The molecule has 1 unspecified atom stereocenters. The van der Waals surface area contributed by atoms with Crippen LogP contribution in [0.3, 0.4) is 0 Å². The number of halogens is 1. The predicted molar refractivity (Wildman–Crippen MR) is 53.7 cm³/mol. The molecule has 0 amide bonds. The van der Waals surface area contributed by atoms with Gasteiger partial charge < -0.3 is 5.11 Å². The van der Waals surface area contributed by atoms with Gasteiger partial charge in [0.25, 0.3) is 5.69 Å². The molecule has 0 aliphatic carbocycles. The molecule has 0 aromatic carbocycles. The molecular weight excluding hydrogens is 252 g/mol. The summed E-state index contributed by atoms with van der Waals surface area (Å²) < 4.78 is 0.490. The quantitative estimate of drug-likeness (QED) is 0.511. The Morgan fingerprint density at radius 1 is 1.79 bits per heavy atom. The Kier molecular flexibility index (Phi) is 3.32. The number of nitrogens with zero attached hydrogens (tertiary/aromatic N) is 2. The molecule has 1 aromatic rings. The van der Waals surface area contributed by atoms with Gasteiger partial charge in [0.15, 0.2) is 5.69 Å². The van der Waals surface area contributed by atoms with Crippen LogP contribution in [0, 0.1) is 10.1 Å². The molecule has 0 bridgehead atoms. The molecule has 6 heteroatoms. The first-order valence-electron chi connectivity index (χ1n) is 3.66. The molecule has 1 aromatic heterocycles. The summed E-state index contributed by atoms with van der Waals surface area (Å²) in [7, 11) is 0. The van der Waals surface area contributed by atoms with Crippen molar-refractivity contribution in [3.05, 3.63) is 45.2 Å². The van der Waals surface area contributed by atoms with Gasteiger partial charge in [-0.15, -0.1) is 6.58 Å². The van der Waals surface area contributed by atoms with E-state index in [-0.39, 0.29) is 11.4 Å². The minimum Gasteiger partial charge on any atom is -0.382 e. The molecule has 1 rings (SSSR count). The number of aromatic nitrogens is 1. The van der Waals surface area contributed by atoms with Crippen molar-refractivity contribution in [2.75, 3.05) is 0 Å². The summed E-state index contributed by atoms with van der Waals surface area (Å²) in [6.07, 6.45) is 1.45. The van der Waals surface area contributed by atoms with E-state index in [0.717, 1.165) is 0 Å². The van der Waals surface area contributed by atoms with Crippen molar-refractivity contribution in [2.24, 2.45) is 0 Å². The summed E-state index contributed by atoms with van der Waals surface area (Å²) in [4.78, 5) is 13.8. The molecule has 0 spiro atoms. The number of nitro groups is 1. The molecular formula is C8H7BrN2O3. The van der Waals surface area contributed by atoms with Gasteiger partial charge in [-0.1, -0.05) is 6.08 Å². The first-order valence-corrected chi connectivity index (χ1v) is 4.46. The molecule has 0 radical (unpaired) electrons. The summed E-state index contributed by atoms with van der Waals surface area (Å²) in [6.45, 7) is 3.34. The number of aliphatic hydroxyl groups excluding tert-OH is 1. The Morgan fingerprint density at radius 3 is 2.93 bits per heavy atom. The van der Waals surface area contributed by atoms with E-state index in [2.05, 4.69) is 27.5 Å². The maximum absolute atomic E-state index is 10.6. The number of rotatable bonds is 3. The lowest BCUT2D eigenvalue weighted by atomic mass is 10.2. The fraction of sp³-hybridized carbons (Fsp3) is 0.125. The highest BCUT2D eigenvalue weighted by atomic mass is 79.9. The molecule has 0 saturated carbocycles. The van der Waals surface area contributed by atoms with E-state index in [4.69, 9.17) is 0 Å². The Hall–Kier alpha value is -1.27. The van der Waals surface area contributed by atoms with E-state index in [1.165, 1.54) is 18.3 Å². The van der Waals surface area contributed by atoms with Crippen LogP contribution in [0.2, 0.25) is 0 Å². The highest BCUT2D eigenvalue weighted by Crippen LogP contribution is 2.26. The second-order valence-electron chi connectivity index (χ2n) is 2.50. The third kappa shape index (κ3) is 2.15. The largest absolute Gasteiger partial charge is 0.382 e. The molecule has 0 aliphatic heterocycles. The van der Waals surface area contributed by atoms with Gasteiger partial charge in [-0.25, -0.2) is 4.98 Å². The molecule has 74 valence electrons. The van der Waals surface area contributed by atoms with Crippen molar-refractivity contribution in [2.45, 2.75) is 6.10 Å². The van der Waals surface area contributed by atoms with Crippen LogP contribution in [0.25, 0.3) is 0 Å². The van der Waals surface area contributed by atoms with Crippen LogP contribution in [0.15, 0.2) is 29.4 Å². The lowest BCUT2D eigenvalue weighted by Crippen LogP contribution is -2.02. The van der Waals surface area contributed by atoms with Gasteiger partial charge in [0.2, 0.25) is 0 Å². The second kappa shape index (κ2) is 4.30. The van der Waals surface area contributed by atoms with E-state index in [1.54, 1.807) is 0 Å². The first kappa shape index (κ1) is 10.8. The highest BCUT2D eigenvalue weighted by Gasteiger charge is 2.20. The molecule has 0 aliphatic rings. The molecule has 0 saturated heterocycles. The Bertz CT molecular complexity index is 381. The van der Waals surface area contributed by atoms with Crippen LogP contribution in [-0.4, -0.2) is 15.0 Å². The molecule has 1 heterocycles. The smallest absolute Gasteiger partial charge is 0.294 e. The van der Waals surface area contributed by atoms with Crippen LogP contribution < -0.4 is 0 Å². The highest BCUT2D eigenvalue weighted by molar-refractivity contribution is 9.10. The fourth-order valence-electron chi connectivity index (χ4n) is 0.925. The maximum Gasteiger partial charge on any atom is 0.294 e. The monoisotopic (exact) mass is 258 g/mol. The lowest BCUT2D eigenvalue weighted by Gasteiger charge is -2.04. The third-order valence-electron chi connectivity index (χ3n) is 1.56. The van der Waals surface area contributed by atoms with Gasteiger partial charge in [-0.05, 0) is 15.9 Å². The van der Waals surface area contributed by atoms with E-state index < -0.39 is 11.0 Å². The summed E-state index contributed by atoms with van der Waals surface area (Å²) in [5.41, 5.74) is -0.236. The number of hydrogen-bond donors (Lipinski definition) is 1. The van der Waals surface area contributed by atoms with Gasteiger partial charge >= 0.3 is 0 Å². The van der Waals surface area contributed by atoms with Crippen molar-refractivity contribution in [1.82, 2.24) is 4.98 Å². The van der Waals surface area contributed by atoms with Crippen molar-refractivity contribution in [3.63, 3.8) is 0 Å². The van der Waals surface area contributed by atoms with E-state index in [1.807, 2.05) is 0 Å². The third-order valence-corrected chi connectivity index (χ3v) is 2.00. The summed E-state index contributed by atoms with van der Waals surface area (Å²) in [5.74, 6) is 0. The van der Waals surface area contributed by atoms with Crippen molar-refractivity contribution in [3.8, 4) is 0 Å². The standard InChI is InChI=1S/C8H7BrN2O3/c1-2-7(12)8-6(11(13)14)3-5(9)4-10-8/h2-4,7,12H,1H2. The van der Waals surface area contributed by atoms with Gasteiger partial charge in [0.1, 0.15) is 6.10 Å². The predicted octanol–water partition coefficient (Wildman–Crippen LogP) is 1.97.